The molecule has 0 radical (unpaired) electrons. The van der Waals surface area contributed by atoms with Crippen LogP contribution in [0.5, 0.6) is 0 Å². The van der Waals surface area contributed by atoms with Crippen molar-refractivity contribution in [2.75, 3.05) is 20.3 Å². The number of ether oxygens (including phenoxy) is 2. The first kappa shape index (κ1) is 11.1. The monoisotopic (exact) mass is 201 g/mol. The molecule has 1 heterocycles. The smallest absolute Gasteiger partial charge is 0.158 e. The van der Waals surface area contributed by atoms with Crippen molar-refractivity contribution in [1.29, 1.82) is 0 Å². The average molecular weight is 201 g/mol. The fourth-order valence-corrected chi connectivity index (χ4v) is 0.968. The normalized spacial score (nSPS) is 10.8. The number of aliphatic hydroxyl groups excluding tert-OH is 1. The lowest BCUT2D eigenvalue weighted by Gasteiger charge is -2.03. The molecule has 1 aromatic heterocycles. The quantitative estimate of drug-likeness (QED) is 0.626. The Kier molecular flexibility index (Phi) is 4.51. The van der Waals surface area contributed by atoms with Crippen molar-refractivity contribution in [3.8, 4) is 0 Å². The SMILES string of the molecule is COCCOCc1nnc(CO)n1C. The van der Waals surface area contributed by atoms with Crippen LogP contribution in [-0.2, 0) is 29.7 Å². The van der Waals surface area contributed by atoms with Crippen LogP contribution in [0.25, 0.3) is 0 Å². The first-order chi connectivity index (χ1) is 6.79. The highest BCUT2D eigenvalue weighted by atomic mass is 16.5. The zero-order valence-electron chi connectivity index (χ0n) is 8.43. The Hall–Kier alpha value is -0.980. The highest BCUT2D eigenvalue weighted by Gasteiger charge is 2.06. The van der Waals surface area contributed by atoms with Crippen LogP contribution in [0.3, 0.4) is 0 Å². The molecule has 0 aromatic carbocycles. The van der Waals surface area contributed by atoms with Gasteiger partial charge in [0, 0.05) is 14.2 Å². The Labute approximate surface area is 82.5 Å². The Balaban J connectivity index is 2.39. The summed E-state index contributed by atoms with van der Waals surface area (Å²) >= 11 is 0. The minimum atomic E-state index is -0.110. The summed E-state index contributed by atoms with van der Waals surface area (Å²) in [4.78, 5) is 0. The lowest BCUT2D eigenvalue weighted by atomic mass is 10.6. The van der Waals surface area contributed by atoms with Crippen molar-refractivity contribution < 1.29 is 14.6 Å². The number of aliphatic hydroxyl groups is 1. The molecule has 0 aliphatic rings. The van der Waals surface area contributed by atoms with Gasteiger partial charge in [-0.1, -0.05) is 0 Å². The molecule has 1 rings (SSSR count). The fourth-order valence-electron chi connectivity index (χ4n) is 0.968. The predicted molar refractivity (Wildman–Crippen MR) is 48.5 cm³/mol. The molecule has 14 heavy (non-hydrogen) atoms. The minimum absolute atomic E-state index is 0.110. The molecule has 1 N–H and O–H groups in total. The summed E-state index contributed by atoms with van der Waals surface area (Å²) in [5.74, 6) is 1.24. The van der Waals surface area contributed by atoms with Crippen LogP contribution in [-0.4, -0.2) is 40.2 Å². The van der Waals surface area contributed by atoms with Gasteiger partial charge in [-0.15, -0.1) is 10.2 Å². The maximum Gasteiger partial charge on any atom is 0.158 e. The Morgan fingerprint density at radius 2 is 2.00 bits per heavy atom. The van der Waals surface area contributed by atoms with Crippen molar-refractivity contribution in [3.05, 3.63) is 11.6 Å². The summed E-state index contributed by atoms with van der Waals surface area (Å²) in [5, 5.41) is 16.5. The largest absolute Gasteiger partial charge is 0.388 e. The Morgan fingerprint density at radius 1 is 1.29 bits per heavy atom. The van der Waals surface area contributed by atoms with Crippen molar-refractivity contribution in [1.82, 2.24) is 14.8 Å². The summed E-state index contributed by atoms with van der Waals surface area (Å²) in [5.41, 5.74) is 0. The fraction of sp³-hybridized carbons (Fsp3) is 0.750. The van der Waals surface area contributed by atoms with E-state index in [1.807, 2.05) is 0 Å². The highest BCUT2D eigenvalue weighted by molar-refractivity contribution is 4.91. The molecule has 0 bridgehead atoms. The van der Waals surface area contributed by atoms with Crippen LogP contribution in [0.15, 0.2) is 0 Å². The molecule has 1 aromatic rings. The van der Waals surface area contributed by atoms with Crippen LogP contribution < -0.4 is 0 Å². The summed E-state index contributed by atoms with van der Waals surface area (Å²) in [6, 6.07) is 0. The topological polar surface area (TPSA) is 69.4 Å². The molecule has 0 unspecified atom stereocenters. The zero-order valence-corrected chi connectivity index (χ0v) is 8.43. The first-order valence-corrected chi connectivity index (χ1v) is 4.34. The van der Waals surface area contributed by atoms with Gasteiger partial charge in [-0.25, -0.2) is 0 Å². The minimum Gasteiger partial charge on any atom is -0.388 e. The average Bonchev–Trinajstić information content (AvgIpc) is 2.55. The van der Waals surface area contributed by atoms with Gasteiger partial charge in [-0.3, -0.25) is 0 Å². The second-order valence-electron chi connectivity index (χ2n) is 2.79. The molecule has 0 saturated carbocycles. The van der Waals surface area contributed by atoms with Crippen molar-refractivity contribution in [3.63, 3.8) is 0 Å². The number of aromatic nitrogens is 3. The molecule has 0 aliphatic carbocycles. The molecule has 0 saturated heterocycles. The molecule has 6 nitrogen and oxygen atoms in total. The van der Waals surface area contributed by atoms with E-state index in [9.17, 15) is 0 Å². The maximum atomic E-state index is 8.86. The molecule has 6 heteroatoms. The van der Waals surface area contributed by atoms with E-state index in [1.54, 1.807) is 18.7 Å². The van der Waals surface area contributed by atoms with Crippen molar-refractivity contribution in [2.24, 2.45) is 7.05 Å². The van der Waals surface area contributed by atoms with Crippen LogP contribution in [0.4, 0.5) is 0 Å². The predicted octanol–water partition coefficient (Wildman–Crippen LogP) is -0.530. The maximum absolute atomic E-state index is 8.86. The number of nitrogens with zero attached hydrogens (tertiary/aromatic N) is 3. The molecule has 0 spiro atoms. The number of hydrogen-bond acceptors (Lipinski definition) is 5. The summed E-state index contributed by atoms with van der Waals surface area (Å²) in [6.45, 7) is 1.36. The van der Waals surface area contributed by atoms with Crippen LogP contribution >= 0.6 is 0 Å². The Morgan fingerprint density at radius 3 is 2.57 bits per heavy atom. The van der Waals surface area contributed by atoms with Gasteiger partial charge in [0.1, 0.15) is 13.2 Å². The van der Waals surface area contributed by atoms with E-state index in [4.69, 9.17) is 14.6 Å². The second kappa shape index (κ2) is 5.69. The van der Waals surface area contributed by atoms with E-state index in [-0.39, 0.29) is 6.61 Å². The van der Waals surface area contributed by atoms with Gasteiger partial charge in [0.05, 0.1) is 13.2 Å². The standard InChI is InChI=1S/C8H15N3O3/c1-11-7(5-12)9-10-8(11)6-14-4-3-13-2/h12H,3-6H2,1-2H3. The number of rotatable bonds is 6. The second-order valence-corrected chi connectivity index (χ2v) is 2.79. The van der Waals surface area contributed by atoms with E-state index in [0.29, 0.717) is 31.5 Å². The van der Waals surface area contributed by atoms with Gasteiger partial charge in [-0.05, 0) is 0 Å². The molecule has 0 amide bonds. The van der Waals surface area contributed by atoms with Crippen LogP contribution in [0, 0.1) is 0 Å². The van der Waals surface area contributed by atoms with Crippen LogP contribution in [0.1, 0.15) is 11.6 Å². The lowest BCUT2D eigenvalue weighted by Crippen LogP contribution is -2.07. The van der Waals surface area contributed by atoms with Gasteiger partial charge in [-0.2, -0.15) is 0 Å². The van der Waals surface area contributed by atoms with E-state index in [2.05, 4.69) is 10.2 Å². The third-order valence-electron chi connectivity index (χ3n) is 1.86. The Bertz CT molecular complexity index is 275. The summed E-state index contributed by atoms with van der Waals surface area (Å²) in [6.07, 6.45) is 0. The van der Waals surface area contributed by atoms with Gasteiger partial charge in [0.15, 0.2) is 11.6 Å². The van der Waals surface area contributed by atoms with Gasteiger partial charge >= 0.3 is 0 Å². The summed E-state index contributed by atoms with van der Waals surface area (Å²) < 4.78 is 11.8. The van der Waals surface area contributed by atoms with Gasteiger partial charge < -0.3 is 19.1 Å². The van der Waals surface area contributed by atoms with Crippen LogP contribution in [0.2, 0.25) is 0 Å². The first-order valence-electron chi connectivity index (χ1n) is 4.34. The van der Waals surface area contributed by atoms with Crippen molar-refractivity contribution >= 4 is 0 Å². The van der Waals surface area contributed by atoms with E-state index in [1.165, 1.54) is 0 Å². The highest BCUT2D eigenvalue weighted by Crippen LogP contribution is 2.00. The molecule has 0 atom stereocenters. The third kappa shape index (κ3) is 2.76. The summed E-state index contributed by atoms with van der Waals surface area (Å²) in [7, 11) is 3.41. The molecule has 0 fully saturated rings. The van der Waals surface area contributed by atoms with E-state index < -0.39 is 0 Å². The number of hydrogen-bond donors (Lipinski definition) is 1. The molecule has 80 valence electrons. The number of methoxy groups -OCH3 is 1. The van der Waals surface area contributed by atoms with E-state index in [0.717, 1.165) is 0 Å². The molecule has 0 aliphatic heterocycles. The van der Waals surface area contributed by atoms with Crippen molar-refractivity contribution in [2.45, 2.75) is 13.2 Å². The molecular weight excluding hydrogens is 186 g/mol. The molecular formula is C8H15N3O3. The lowest BCUT2D eigenvalue weighted by molar-refractivity contribution is 0.0574. The van der Waals surface area contributed by atoms with Gasteiger partial charge in [0.25, 0.3) is 0 Å². The zero-order chi connectivity index (χ0) is 10.4. The van der Waals surface area contributed by atoms with Gasteiger partial charge in [0.2, 0.25) is 0 Å². The van der Waals surface area contributed by atoms with E-state index >= 15 is 0 Å². The third-order valence-corrected chi connectivity index (χ3v) is 1.86.